The van der Waals surface area contributed by atoms with Crippen molar-refractivity contribution in [3.8, 4) is 5.75 Å². The zero-order chi connectivity index (χ0) is 19.8. The predicted molar refractivity (Wildman–Crippen MR) is 104 cm³/mol. The average Bonchev–Trinajstić information content (AvgIpc) is 2.63. The molecule has 2 aromatic rings. The van der Waals surface area contributed by atoms with E-state index in [0.29, 0.717) is 17.5 Å². The van der Waals surface area contributed by atoms with Crippen LogP contribution in [0.4, 0.5) is 11.5 Å². The van der Waals surface area contributed by atoms with Crippen LogP contribution in [0.2, 0.25) is 0 Å². The molecule has 0 aliphatic rings. The molecule has 2 rings (SSSR count). The van der Waals surface area contributed by atoms with Gasteiger partial charge in [-0.2, -0.15) is 0 Å². The molecule has 0 fully saturated rings. The van der Waals surface area contributed by atoms with Crippen LogP contribution >= 0.6 is 11.8 Å². The molecule has 1 aromatic carbocycles. The lowest BCUT2D eigenvalue weighted by molar-refractivity contribution is -0.115. The van der Waals surface area contributed by atoms with Crippen LogP contribution < -0.4 is 15.8 Å². The first-order chi connectivity index (χ1) is 12.9. The lowest BCUT2D eigenvalue weighted by atomic mass is 10.3. The van der Waals surface area contributed by atoms with Crippen molar-refractivity contribution in [2.45, 2.75) is 31.2 Å². The summed E-state index contributed by atoms with van der Waals surface area (Å²) in [5, 5.41) is 2.65. The Balaban J connectivity index is 1.97. The maximum Gasteiger partial charge on any atom is 0.343 e. The van der Waals surface area contributed by atoms with Crippen LogP contribution in [0, 0.1) is 0 Å². The van der Waals surface area contributed by atoms with Crippen LogP contribution in [0.5, 0.6) is 5.75 Å². The first-order valence-corrected chi connectivity index (χ1v) is 9.32. The van der Waals surface area contributed by atoms with Gasteiger partial charge in [0.15, 0.2) is 5.16 Å². The maximum absolute atomic E-state index is 12.3. The molecule has 0 spiro atoms. The molecule has 0 radical (unpaired) electrons. The summed E-state index contributed by atoms with van der Waals surface area (Å²) in [7, 11) is 0. The van der Waals surface area contributed by atoms with Gasteiger partial charge in [-0.05, 0) is 45.0 Å². The van der Waals surface area contributed by atoms with Gasteiger partial charge in [0.1, 0.15) is 17.1 Å². The molecular weight excluding hydrogens is 368 g/mol. The van der Waals surface area contributed by atoms with Crippen LogP contribution in [0.1, 0.15) is 31.1 Å². The monoisotopic (exact) mass is 390 g/mol. The number of benzene rings is 1. The molecule has 0 saturated carbocycles. The lowest BCUT2D eigenvalue weighted by Crippen LogP contribution is -2.22. The van der Waals surface area contributed by atoms with Crippen LogP contribution in [0.15, 0.2) is 35.6 Å². The minimum atomic E-state index is -0.576. The summed E-state index contributed by atoms with van der Waals surface area (Å²) in [6.45, 7) is 6.15. The van der Waals surface area contributed by atoms with Crippen molar-refractivity contribution >= 4 is 35.1 Å². The number of amides is 1. The normalized spacial score (nSPS) is 11.5. The van der Waals surface area contributed by atoms with Crippen molar-refractivity contribution in [1.82, 2.24) is 9.97 Å². The molecule has 9 heteroatoms. The zero-order valence-electron chi connectivity index (χ0n) is 15.4. The number of carbonyl (C=O) groups excluding carboxylic acids is 2. The summed E-state index contributed by atoms with van der Waals surface area (Å²) in [6, 6.07) is 7.11. The molecule has 0 saturated heterocycles. The van der Waals surface area contributed by atoms with E-state index >= 15 is 0 Å². The number of nitrogens with zero attached hydrogens (tertiary/aromatic N) is 2. The molecule has 0 aliphatic carbocycles. The Morgan fingerprint density at radius 2 is 1.93 bits per heavy atom. The highest BCUT2D eigenvalue weighted by molar-refractivity contribution is 8.00. The Bertz CT molecular complexity index is 798. The van der Waals surface area contributed by atoms with E-state index in [9.17, 15) is 9.59 Å². The Morgan fingerprint density at radius 1 is 1.22 bits per heavy atom. The highest BCUT2D eigenvalue weighted by atomic mass is 32.2. The van der Waals surface area contributed by atoms with Gasteiger partial charge in [0.05, 0.1) is 18.5 Å². The molecule has 144 valence electrons. The van der Waals surface area contributed by atoms with Crippen molar-refractivity contribution in [1.29, 1.82) is 0 Å². The minimum absolute atomic E-state index is 0.0186. The number of thioether (sulfide) groups is 1. The van der Waals surface area contributed by atoms with Gasteiger partial charge in [-0.1, -0.05) is 11.8 Å². The summed E-state index contributed by atoms with van der Waals surface area (Å²) >= 11 is 1.14. The molecule has 1 atom stereocenters. The number of esters is 1. The quantitative estimate of drug-likeness (QED) is 0.401. The fraction of sp³-hybridized carbons (Fsp3) is 0.333. The van der Waals surface area contributed by atoms with Crippen molar-refractivity contribution in [3.63, 3.8) is 0 Å². The number of hydrogen-bond acceptors (Lipinski definition) is 8. The van der Waals surface area contributed by atoms with Gasteiger partial charge in [0.2, 0.25) is 5.91 Å². The zero-order valence-corrected chi connectivity index (χ0v) is 16.2. The van der Waals surface area contributed by atoms with Crippen molar-refractivity contribution in [2.75, 3.05) is 24.3 Å². The summed E-state index contributed by atoms with van der Waals surface area (Å²) in [5.41, 5.74) is 6.55. The maximum atomic E-state index is 12.3. The lowest BCUT2D eigenvalue weighted by Gasteiger charge is -2.12. The second-order valence-corrected chi connectivity index (χ2v) is 6.69. The molecule has 8 nitrogen and oxygen atoms in total. The van der Waals surface area contributed by atoms with Gasteiger partial charge in [-0.3, -0.25) is 4.79 Å². The van der Waals surface area contributed by atoms with Crippen LogP contribution in [0.25, 0.3) is 0 Å². The Kier molecular flexibility index (Phi) is 7.42. The van der Waals surface area contributed by atoms with E-state index in [-0.39, 0.29) is 23.9 Å². The molecule has 3 N–H and O–H groups in total. The first-order valence-electron chi connectivity index (χ1n) is 8.44. The molecule has 0 unspecified atom stereocenters. The van der Waals surface area contributed by atoms with Crippen LogP contribution in [-0.4, -0.2) is 40.3 Å². The van der Waals surface area contributed by atoms with E-state index in [1.54, 1.807) is 38.1 Å². The standard InChI is InChI=1S/C18H22N4O4S/c1-4-25-13-8-6-12(7-9-13)21-16(23)11(3)27-18-20-10-14(15(19)22-18)17(24)26-5-2/h6-11H,4-5H2,1-3H3,(H,21,23)(H2,19,20,22)/t11-/m0/s1. The molecule has 27 heavy (non-hydrogen) atoms. The number of nitrogens with one attached hydrogen (secondary N) is 1. The Morgan fingerprint density at radius 3 is 2.52 bits per heavy atom. The van der Waals surface area contributed by atoms with E-state index in [1.165, 1.54) is 6.20 Å². The highest BCUT2D eigenvalue weighted by Gasteiger charge is 2.19. The Hall–Kier alpha value is -2.81. The molecule has 0 aliphatic heterocycles. The van der Waals surface area contributed by atoms with Gasteiger partial charge in [-0.15, -0.1) is 0 Å². The minimum Gasteiger partial charge on any atom is -0.494 e. The SMILES string of the molecule is CCOC(=O)c1cnc(S[C@@H](C)C(=O)Nc2ccc(OCC)cc2)nc1N. The second-order valence-electron chi connectivity index (χ2n) is 5.38. The smallest absolute Gasteiger partial charge is 0.343 e. The van der Waals surface area contributed by atoms with Crippen LogP contribution in [-0.2, 0) is 9.53 Å². The number of hydrogen-bond donors (Lipinski definition) is 2. The van der Waals surface area contributed by atoms with Gasteiger partial charge < -0.3 is 20.5 Å². The van der Waals surface area contributed by atoms with Gasteiger partial charge in [-0.25, -0.2) is 14.8 Å². The molecule has 1 heterocycles. The molecule has 1 amide bonds. The number of anilines is 2. The molecular formula is C18H22N4O4S. The highest BCUT2D eigenvalue weighted by Crippen LogP contribution is 2.23. The van der Waals surface area contributed by atoms with E-state index in [0.717, 1.165) is 17.5 Å². The van der Waals surface area contributed by atoms with Crippen LogP contribution in [0.3, 0.4) is 0 Å². The van der Waals surface area contributed by atoms with Crippen molar-refractivity contribution in [3.05, 3.63) is 36.0 Å². The van der Waals surface area contributed by atoms with E-state index in [1.807, 2.05) is 6.92 Å². The van der Waals surface area contributed by atoms with E-state index in [4.69, 9.17) is 15.2 Å². The van der Waals surface area contributed by atoms with E-state index < -0.39 is 11.2 Å². The average molecular weight is 390 g/mol. The number of carbonyl (C=O) groups is 2. The Labute approximate surface area is 161 Å². The fourth-order valence-corrected chi connectivity index (χ4v) is 2.80. The number of aromatic nitrogens is 2. The third-order valence-electron chi connectivity index (χ3n) is 3.38. The fourth-order valence-electron chi connectivity index (χ4n) is 2.06. The summed E-state index contributed by atoms with van der Waals surface area (Å²) in [6.07, 6.45) is 1.31. The number of nitrogens with two attached hydrogens (primary N) is 1. The molecule has 1 aromatic heterocycles. The van der Waals surface area contributed by atoms with Crippen molar-refractivity contribution < 1.29 is 19.1 Å². The number of rotatable bonds is 8. The van der Waals surface area contributed by atoms with Gasteiger partial charge in [0, 0.05) is 11.9 Å². The van der Waals surface area contributed by atoms with Crippen molar-refractivity contribution in [2.24, 2.45) is 0 Å². The first kappa shape index (κ1) is 20.5. The summed E-state index contributed by atoms with van der Waals surface area (Å²) in [4.78, 5) is 32.2. The number of ether oxygens (including phenoxy) is 2. The second kappa shape index (κ2) is 9.77. The third-order valence-corrected chi connectivity index (χ3v) is 4.35. The van der Waals surface area contributed by atoms with E-state index in [2.05, 4.69) is 15.3 Å². The largest absolute Gasteiger partial charge is 0.494 e. The summed E-state index contributed by atoms with van der Waals surface area (Å²) in [5.74, 6) is -0.0257. The molecule has 0 bridgehead atoms. The summed E-state index contributed by atoms with van der Waals surface area (Å²) < 4.78 is 10.2. The van der Waals surface area contributed by atoms with Gasteiger partial charge in [0.25, 0.3) is 0 Å². The van der Waals surface area contributed by atoms with Gasteiger partial charge >= 0.3 is 5.97 Å². The topological polar surface area (TPSA) is 116 Å². The third kappa shape index (κ3) is 5.85. The predicted octanol–water partition coefficient (Wildman–Crippen LogP) is 2.75. The number of nitrogen functional groups attached to an aromatic ring is 1.